The lowest BCUT2D eigenvalue weighted by atomic mass is 10.1. The number of rotatable bonds is 5. The second-order valence-corrected chi connectivity index (χ2v) is 6.99. The Balaban J connectivity index is 1.31. The molecule has 2 fully saturated rings. The summed E-state index contributed by atoms with van der Waals surface area (Å²) in [7, 11) is 0. The number of nitrogens with one attached hydrogen (secondary N) is 1. The zero-order valence-electron chi connectivity index (χ0n) is 13.4. The lowest BCUT2D eigenvalue weighted by Gasteiger charge is -2.15. The van der Waals surface area contributed by atoms with Crippen LogP contribution >= 0.6 is 0 Å². The van der Waals surface area contributed by atoms with E-state index in [1.807, 2.05) is 6.92 Å². The number of benzene rings is 1. The highest BCUT2D eigenvalue weighted by Crippen LogP contribution is 2.31. The first-order valence-corrected chi connectivity index (χ1v) is 8.59. The minimum Gasteiger partial charge on any atom is -0.312 e. The summed E-state index contributed by atoms with van der Waals surface area (Å²) in [6.07, 6.45) is 4.24. The molecule has 22 heavy (non-hydrogen) atoms. The van der Waals surface area contributed by atoms with Gasteiger partial charge in [-0.1, -0.05) is 12.1 Å². The third-order valence-electron chi connectivity index (χ3n) is 5.04. The Hall–Kier alpha value is -1.45. The average Bonchev–Trinajstić information content (AvgIpc) is 3.27. The predicted octanol–water partition coefficient (Wildman–Crippen LogP) is 3.12. The highest BCUT2D eigenvalue weighted by molar-refractivity contribution is 5.79. The third kappa shape index (κ3) is 3.16. The van der Waals surface area contributed by atoms with E-state index in [0.717, 1.165) is 36.3 Å². The number of pyridine rings is 1. The summed E-state index contributed by atoms with van der Waals surface area (Å²) in [6.45, 7) is 6.77. The van der Waals surface area contributed by atoms with Gasteiger partial charge in [-0.3, -0.25) is 4.98 Å². The van der Waals surface area contributed by atoms with Gasteiger partial charge >= 0.3 is 0 Å². The van der Waals surface area contributed by atoms with E-state index in [1.165, 1.54) is 43.3 Å². The van der Waals surface area contributed by atoms with Gasteiger partial charge in [-0.2, -0.15) is 0 Å². The Bertz CT molecular complexity index is 663. The van der Waals surface area contributed by atoms with E-state index in [0.29, 0.717) is 0 Å². The van der Waals surface area contributed by atoms with Crippen molar-refractivity contribution in [3.8, 4) is 0 Å². The van der Waals surface area contributed by atoms with Crippen LogP contribution in [0.25, 0.3) is 10.9 Å². The highest BCUT2D eigenvalue weighted by atomic mass is 15.2. The summed E-state index contributed by atoms with van der Waals surface area (Å²) < 4.78 is 0. The van der Waals surface area contributed by atoms with Crippen LogP contribution in [0.3, 0.4) is 0 Å². The molecule has 1 N–H and O–H groups in total. The number of fused-ring (bicyclic) bond motifs is 1. The summed E-state index contributed by atoms with van der Waals surface area (Å²) in [5.41, 5.74) is 3.54. The molecule has 0 spiro atoms. The van der Waals surface area contributed by atoms with Gasteiger partial charge < -0.3 is 10.2 Å². The maximum Gasteiger partial charge on any atom is 0.0705 e. The molecule has 2 heterocycles. The van der Waals surface area contributed by atoms with Crippen molar-refractivity contribution >= 4 is 10.9 Å². The van der Waals surface area contributed by atoms with Crippen molar-refractivity contribution < 1.29 is 0 Å². The molecular formula is C19H25N3. The van der Waals surface area contributed by atoms with Gasteiger partial charge in [-0.05, 0) is 69.0 Å². The fraction of sp³-hybridized carbons (Fsp3) is 0.526. The second kappa shape index (κ2) is 5.98. The fourth-order valence-electron chi connectivity index (χ4n) is 3.61. The van der Waals surface area contributed by atoms with Gasteiger partial charge in [-0.15, -0.1) is 0 Å². The van der Waals surface area contributed by atoms with Crippen molar-refractivity contribution in [1.29, 1.82) is 0 Å². The van der Waals surface area contributed by atoms with E-state index in [-0.39, 0.29) is 0 Å². The molecule has 0 radical (unpaired) electrons. The molecular weight excluding hydrogens is 270 g/mol. The molecule has 1 aliphatic carbocycles. The standard InChI is InChI=1S/C19H25N3/c1-14-2-4-17-10-15(3-7-19(17)21-14)11-20-12-16-8-9-22(13-16)18-5-6-18/h2-4,7,10,16,18,20H,5-6,8-9,11-13H2,1H3. The van der Waals surface area contributed by atoms with E-state index in [2.05, 4.69) is 45.5 Å². The summed E-state index contributed by atoms with van der Waals surface area (Å²) in [5, 5.41) is 4.89. The van der Waals surface area contributed by atoms with Gasteiger partial charge in [0.1, 0.15) is 0 Å². The van der Waals surface area contributed by atoms with Crippen molar-refractivity contribution in [3.63, 3.8) is 0 Å². The van der Waals surface area contributed by atoms with Crippen LogP contribution in [-0.4, -0.2) is 35.6 Å². The SMILES string of the molecule is Cc1ccc2cc(CNCC3CCN(C4CC4)C3)ccc2n1. The topological polar surface area (TPSA) is 28.2 Å². The first-order valence-electron chi connectivity index (χ1n) is 8.59. The molecule has 1 aromatic heterocycles. The van der Waals surface area contributed by atoms with Crippen LogP contribution in [0.1, 0.15) is 30.5 Å². The van der Waals surface area contributed by atoms with Crippen LogP contribution in [0.2, 0.25) is 0 Å². The Morgan fingerprint density at radius 3 is 2.95 bits per heavy atom. The molecule has 1 unspecified atom stereocenters. The maximum absolute atomic E-state index is 4.56. The normalized spacial score (nSPS) is 22.5. The van der Waals surface area contributed by atoms with Gasteiger partial charge in [0, 0.05) is 30.2 Å². The van der Waals surface area contributed by atoms with Crippen LogP contribution < -0.4 is 5.32 Å². The third-order valence-corrected chi connectivity index (χ3v) is 5.04. The van der Waals surface area contributed by atoms with E-state index in [9.17, 15) is 0 Å². The minimum atomic E-state index is 0.838. The molecule has 1 atom stereocenters. The molecule has 1 aromatic carbocycles. The van der Waals surface area contributed by atoms with Crippen molar-refractivity contribution in [2.24, 2.45) is 5.92 Å². The van der Waals surface area contributed by atoms with Gasteiger partial charge in [0.05, 0.1) is 5.52 Å². The highest BCUT2D eigenvalue weighted by Gasteiger charge is 2.33. The molecule has 2 aromatic rings. The lowest BCUT2D eigenvalue weighted by molar-refractivity contribution is 0.312. The van der Waals surface area contributed by atoms with Crippen molar-refractivity contribution in [2.75, 3.05) is 19.6 Å². The van der Waals surface area contributed by atoms with Gasteiger partial charge in [0.15, 0.2) is 0 Å². The fourth-order valence-corrected chi connectivity index (χ4v) is 3.61. The number of aromatic nitrogens is 1. The van der Waals surface area contributed by atoms with Crippen molar-refractivity contribution in [3.05, 3.63) is 41.6 Å². The molecule has 2 aliphatic rings. The van der Waals surface area contributed by atoms with E-state index in [1.54, 1.807) is 0 Å². The Morgan fingerprint density at radius 2 is 2.09 bits per heavy atom. The molecule has 3 heteroatoms. The van der Waals surface area contributed by atoms with Crippen LogP contribution in [-0.2, 0) is 6.54 Å². The molecule has 0 bridgehead atoms. The molecule has 1 saturated heterocycles. The summed E-state index contributed by atoms with van der Waals surface area (Å²) in [4.78, 5) is 7.26. The average molecular weight is 295 g/mol. The predicted molar refractivity (Wildman–Crippen MR) is 90.9 cm³/mol. The Kier molecular flexibility index (Phi) is 3.85. The first kappa shape index (κ1) is 14.2. The Morgan fingerprint density at radius 1 is 1.18 bits per heavy atom. The van der Waals surface area contributed by atoms with E-state index < -0.39 is 0 Å². The second-order valence-electron chi connectivity index (χ2n) is 6.99. The number of hydrogen-bond donors (Lipinski definition) is 1. The van der Waals surface area contributed by atoms with Crippen LogP contribution in [0.5, 0.6) is 0 Å². The zero-order chi connectivity index (χ0) is 14.9. The van der Waals surface area contributed by atoms with Gasteiger partial charge in [-0.25, -0.2) is 0 Å². The lowest BCUT2D eigenvalue weighted by Crippen LogP contribution is -2.27. The van der Waals surface area contributed by atoms with Gasteiger partial charge in [0.25, 0.3) is 0 Å². The van der Waals surface area contributed by atoms with Crippen LogP contribution in [0, 0.1) is 12.8 Å². The van der Waals surface area contributed by atoms with E-state index >= 15 is 0 Å². The summed E-state index contributed by atoms with van der Waals surface area (Å²) >= 11 is 0. The smallest absolute Gasteiger partial charge is 0.0705 e. The molecule has 4 rings (SSSR count). The summed E-state index contributed by atoms with van der Waals surface area (Å²) in [5.74, 6) is 0.838. The monoisotopic (exact) mass is 295 g/mol. The minimum absolute atomic E-state index is 0.838. The molecule has 1 saturated carbocycles. The van der Waals surface area contributed by atoms with E-state index in [4.69, 9.17) is 0 Å². The van der Waals surface area contributed by atoms with Crippen LogP contribution in [0.15, 0.2) is 30.3 Å². The van der Waals surface area contributed by atoms with Gasteiger partial charge in [0.2, 0.25) is 0 Å². The molecule has 1 aliphatic heterocycles. The number of hydrogen-bond acceptors (Lipinski definition) is 3. The molecule has 3 nitrogen and oxygen atoms in total. The number of likely N-dealkylation sites (tertiary alicyclic amines) is 1. The quantitative estimate of drug-likeness (QED) is 0.918. The first-order chi connectivity index (χ1) is 10.8. The zero-order valence-corrected chi connectivity index (χ0v) is 13.4. The van der Waals surface area contributed by atoms with Crippen LogP contribution in [0.4, 0.5) is 0 Å². The summed E-state index contributed by atoms with van der Waals surface area (Å²) in [6, 6.07) is 11.8. The number of aryl methyl sites for hydroxylation is 1. The Labute approximate surface area is 132 Å². The number of nitrogens with zero attached hydrogens (tertiary/aromatic N) is 2. The maximum atomic E-state index is 4.56. The largest absolute Gasteiger partial charge is 0.312 e. The molecule has 116 valence electrons. The molecule has 0 amide bonds. The van der Waals surface area contributed by atoms with Crippen molar-refractivity contribution in [1.82, 2.24) is 15.2 Å². The van der Waals surface area contributed by atoms with Crippen molar-refractivity contribution in [2.45, 2.75) is 38.8 Å².